The summed E-state index contributed by atoms with van der Waals surface area (Å²) in [5.74, 6) is 0.242. The number of halogens is 4. The number of aliphatic hydroxyl groups is 1. The maximum atomic E-state index is 15.9. The van der Waals surface area contributed by atoms with Crippen LogP contribution in [0.15, 0.2) is 80.7 Å². The van der Waals surface area contributed by atoms with Gasteiger partial charge < -0.3 is 86.0 Å². The third-order valence-corrected chi connectivity index (χ3v) is 27.7. The fourth-order valence-electron chi connectivity index (χ4n) is 15.7. The van der Waals surface area contributed by atoms with Crippen molar-refractivity contribution in [3.63, 3.8) is 0 Å². The lowest BCUT2D eigenvalue weighted by Crippen LogP contribution is -2.48. The molecule has 60 nitrogen and oxygen atoms in total. The van der Waals surface area contributed by atoms with Gasteiger partial charge in [0.1, 0.15) is 139 Å². The van der Waals surface area contributed by atoms with E-state index in [4.69, 9.17) is 104 Å². The zero-order valence-electron chi connectivity index (χ0n) is 65.5. The van der Waals surface area contributed by atoms with Crippen LogP contribution in [0.5, 0.6) is 0 Å². The number of hydrogen-bond donors (Lipinski definition) is 12. The molecule has 131 heavy (non-hydrogen) atoms. The number of ether oxygens (including phenoxy) is 6. The molecule has 0 aromatic carbocycles. The molecule has 0 amide bonds. The van der Waals surface area contributed by atoms with E-state index >= 15 is 17.6 Å². The van der Waals surface area contributed by atoms with Crippen molar-refractivity contribution in [2.45, 2.75) is 148 Å². The predicted molar refractivity (Wildman–Crippen MR) is 421 cm³/mol. The average Bonchev–Trinajstić information content (AvgIpc) is 1.72. The topological polar surface area (TPSA) is 801 Å². The van der Waals surface area contributed by atoms with E-state index in [1.165, 1.54) is 51.7 Å². The Morgan fingerprint density at radius 2 is 0.779 bits per heavy atom. The van der Waals surface area contributed by atoms with Gasteiger partial charge in [0, 0.05) is 19.5 Å². The highest BCUT2D eigenvalue weighted by Gasteiger charge is 2.58. The molecule has 698 valence electrons. The van der Waals surface area contributed by atoms with Gasteiger partial charge in [0.15, 0.2) is 124 Å². The van der Waals surface area contributed by atoms with Crippen molar-refractivity contribution in [3.8, 4) is 0 Å². The van der Waals surface area contributed by atoms with Gasteiger partial charge in [-0.15, -0.1) is 0 Å². The molecule has 9 saturated heterocycles. The van der Waals surface area contributed by atoms with Gasteiger partial charge in [0.25, 0.3) is 13.0 Å². The molecule has 17 N–H and O–H groups in total. The molecular formula is C60H66BF4N32O28P3S3. The smallest absolute Gasteiger partial charge is 0.386 e. The number of phosphoric acid groups is 2. The first-order valence-electron chi connectivity index (χ1n) is 38.1. The number of phosphoric ester groups is 2. The lowest BCUT2D eigenvalue weighted by Gasteiger charge is -2.27. The molecule has 71 heteroatoms. The van der Waals surface area contributed by atoms with E-state index in [0.717, 1.165) is 51.7 Å². The Labute approximate surface area is 727 Å². The number of imidazole rings is 6. The Balaban J connectivity index is 0.000000127. The monoisotopic (exact) mass is 1960 g/mol. The number of hydrogen-bond acceptors (Lipinski definition) is 48. The molecule has 26 atom stereocenters. The van der Waals surface area contributed by atoms with Crippen LogP contribution in [0.25, 0.3) is 67.0 Å². The Bertz CT molecular complexity index is 7010. The third-order valence-electron chi connectivity index (χ3n) is 21.7. The quantitative estimate of drug-likeness (QED) is 0.0430. The highest BCUT2D eigenvalue weighted by molar-refractivity contribution is 7.85. The lowest BCUT2D eigenvalue weighted by atomic mass is 10.1. The Hall–Kier alpha value is -10.4. The highest BCUT2D eigenvalue weighted by Crippen LogP contribution is 2.54. The second kappa shape index (κ2) is 34.2. The molecule has 12 aromatic heterocycles. The Kier molecular flexibility index (Phi) is 23.5. The van der Waals surface area contributed by atoms with Crippen molar-refractivity contribution in [2.24, 2.45) is 0 Å². The molecule has 9 aliphatic rings. The fraction of sp³-hybridized carbons (Fsp3) is 0.500. The summed E-state index contributed by atoms with van der Waals surface area (Å²) in [4.78, 5) is 103. The summed E-state index contributed by atoms with van der Waals surface area (Å²) in [7, 11) is -22.8. The first-order chi connectivity index (χ1) is 62.3. The molecule has 0 spiro atoms. The molecule has 2 radical (unpaired) electrons. The summed E-state index contributed by atoms with van der Waals surface area (Å²) in [5, 5.41) is 11.1. The van der Waals surface area contributed by atoms with Crippen LogP contribution < -0.4 is 48.4 Å². The van der Waals surface area contributed by atoms with E-state index in [1.807, 2.05) is 4.72 Å². The van der Waals surface area contributed by atoms with Crippen molar-refractivity contribution >= 4 is 158 Å². The molecule has 26 unspecified atom stereocenters. The minimum Gasteiger partial charge on any atom is -0.386 e. The normalized spacial score (nSPS) is 35.7. The maximum absolute atomic E-state index is 15.9. The summed E-state index contributed by atoms with van der Waals surface area (Å²) in [6.07, 6.45) is -21.3. The maximum Gasteiger partial charge on any atom is 0.472 e. The summed E-state index contributed by atoms with van der Waals surface area (Å²) < 4.78 is 276. The van der Waals surface area contributed by atoms with Crippen molar-refractivity contribution < 1.29 is 140 Å². The summed E-state index contributed by atoms with van der Waals surface area (Å²) in [6, 6.07) is -1.72. The average molecular weight is 1960 g/mol. The number of alkyl halides is 4. The molecule has 21 heterocycles. The van der Waals surface area contributed by atoms with Crippen LogP contribution in [0.4, 0.5) is 46.7 Å². The van der Waals surface area contributed by atoms with Crippen molar-refractivity contribution in [1.82, 2.24) is 131 Å². The van der Waals surface area contributed by atoms with Gasteiger partial charge in [-0.25, -0.2) is 120 Å². The van der Waals surface area contributed by atoms with E-state index in [-0.39, 0.29) is 91.3 Å². The molecule has 0 saturated carbocycles. The van der Waals surface area contributed by atoms with Crippen molar-refractivity contribution in [1.29, 1.82) is 0 Å². The van der Waals surface area contributed by atoms with Crippen molar-refractivity contribution in [3.05, 3.63) is 86.3 Å². The van der Waals surface area contributed by atoms with Gasteiger partial charge in [0.05, 0.1) is 76.8 Å². The van der Waals surface area contributed by atoms with Crippen LogP contribution >= 0.6 is 23.1 Å². The number of fused-ring (bicyclic) bond motifs is 12. The van der Waals surface area contributed by atoms with Gasteiger partial charge in [-0.05, 0) is 0 Å². The number of rotatable bonds is 6. The largest absolute Gasteiger partial charge is 0.472 e. The molecule has 0 aliphatic carbocycles. The second-order valence-electron chi connectivity index (χ2n) is 29.7. The molecule has 12 aromatic rings. The number of nitrogens with one attached hydrogen (secondary N) is 4. The lowest BCUT2D eigenvalue weighted by molar-refractivity contribution is -0.0541. The minimum atomic E-state index is -5.14. The van der Waals surface area contributed by atoms with Crippen LogP contribution in [-0.2, 0) is 113 Å². The number of aliphatic hydroxyl groups excluding tert-OH is 1. The minimum absolute atomic E-state index is 0.00299. The van der Waals surface area contributed by atoms with Crippen molar-refractivity contribution in [2.75, 3.05) is 68.2 Å². The van der Waals surface area contributed by atoms with E-state index in [0.29, 0.717) is 11.2 Å². The Morgan fingerprint density at radius 3 is 1.29 bits per heavy atom. The van der Waals surface area contributed by atoms with Gasteiger partial charge in [-0.2, -0.15) is 39.4 Å². The first kappa shape index (κ1) is 89.8. The number of anilines is 5. The number of nitrogen functional groups attached to an aromatic ring is 5. The van der Waals surface area contributed by atoms with Gasteiger partial charge in [-0.1, -0.05) is 0 Å². The van der Waals surface area contributed by atoms with Gasteiger partial charge in [0.2, 0.25) is 7.57 Å². The SMILES string of the molecule is Nc1ncnc2c1ncn2C1CC2OP(=O)(O)OCC3OC(n4cnc5c(N)ncnc54)C(O)C3OS(=O)(=O)NCC2O1.Nc1ncnc2c1ncn2C1OC2COP(=O)(O)OC3C(COS(=O)(=O)NC2C1F)OC(n1cnc2c(=O)[nH]cnc21)C3F.[B]P1(=O)OCC2OC(n3cnc4c(N)ncnc43)C(F)C2OS(=O)(=O)NCC2OC(n3cnc4c(N)ncnc43)C(F)C2O1. The predicted octanol–water partition coefficient (Wildman–Crippen LogP) is -3.93. The van der Waals surface area contributed by atoms with E-state index in [1.54, 1.807) is 0 Å². The van der Waals surface area contributed by atoms with E-state index < -0.39 is 240 Å². The number of H-pyrrole nitrogens is 1. The second-order valence-corrected chi connectivity index (χ2v) is 38.2. The third kappa shape index (κ3) is 17.3. The van der Waals surface area contributed by atoms with Crippen LogP contribution in [0.2, 0.25) is 0 Å². The zero-order chi connectivity index (χ0) is 92.0. The molecule has 21 rings (SSSR count). The highest BCUT2D eigenvalue weighted by atomic mass is 32.2. The van der Waals surface area contributed by atoms with Crippen LogP contribution in [0.3, 0.4) is 0 Å². The number of nitrogens with two attached hydrogens (primary N) is 5. The number of aromatic nitrogens is 24. The summed E-state index contributed by atoms with van der Waals surface area (Å²) in [5.41, 5.74) is 29.9. The van der Waals surface area contributed by atoms with Gasteiger partial charge >= 0.3 is 46.6 Å². The van der Waals surface area contributed by atoms with E-state index in [9.17, 15) is 58.6 Å². The standard InChI is InChI=1S/C20H21BF2N11O8PS.C20H21F2N10O10PS.C20H24N11O10PS/c21-43(35)38-2-8-14(10(23)20(40-8)34-6-31-12-16(25)27-4-29-18(12)34)42-44(36,37)32-1-7-13(41-43)9(22)19(39-7)33-5-30-11-15(24)26-3-28-17(11)33;21-9-11-7(40-19(9)31-5-28-12-15(23)24-3-25-16(12)31)1-38-43(34,35)42-14-8(2-39-44(36,37)30-11)41-20(10(14)22)32-6-29-13-17(32)26-4-27-18(13)33;21-16-12-18(25-4-23-16)30(6-27-12)11-1-8-9(38-11)2-29-43(35,36)41-15-10(3-37-42(33,34)40-8)39-20(14(15)32)31-7-28-13-17(22)24-5-26-19(13)31/h3-10,13-14,19-20,32H,1-2H2,(H2,24,26,28)(H2,25,27,29);3-11,14,19-20,30H,1-2H2,(H,34,35)(H2,23,24,25)(H,26,27,33);4-11,14-15,20,29,32H,1-3H2,(H,33,34)(H2,21,23,25)(H2,22,24,26). The molecule has 0 bridgehead atoms. The number of aromatic amines is 1. The molecule has 9 aliphatic heterocycles. The van der Waals surface area contributed by atoms with Crippen LogP contribution in [0.1, 0.15) is 43.8 Å². The van der Waals surface area contributed by atoms with Gasteiger partial charge in [-0.3, -0.25) is 59.0 Å². The molecular weight excluding hydrogens is 1890 g/mol. The first-order valence-corrected chi connectivity index (χ1v) is 46.9. The zero-order valence-corrected chi connectivity index (χ0v) is 70.7. The summed E-state index contributed by atoms with van der Waals surface area (Å²) >= 11 is 0. The van der Waals surface area contributed by atoms with Crippen LogP contribution in [-0.4, -0.2) is 308 Å². The Morgan fingerprint density at radius 1 is 0.405 bits per heavy atom. The number of nitrogens with zero attached hydrogens (tertiary/aromatic N) is 23. The van der Waals surface area contributed by atoms with E-state index in [2.05, 4.69) is 99.2 Å². The van der Waals surface area contributed by atoms with Crippen LogP contribution in [0, 0.1) is 0 Å². The molecule has 9 fully saturated rings. The fourth-order valence-corrected chi connectivity index (χ4v) is 21.5. The summed E-state index contributed by atoms with van der Waals surface area (Å²) in [6.45, 7) is -4.43.